The molecule has 1 aliphatic rings. The minimum Gasteiger partial charge on any atom is -0.294 e. The molecule has 0 saturated heterocycles. The lowest BCUT2D eigenvalue weighted by Gasteiger charge is -2.07. The fourth-order valence-electron chi connectivity index (χ4n) is 2.03. The molecule has 2 rings (SSSR count). The fraction of sp³-hybridized carbons (Fsp3) is 0.500. The molecule has 15 heavy (non-hydrogen) atoms. The van der Waals surface area contributed by atoms with Crippen molar-refractivity contribution >= 4 is 17.4 Å². The van der Waals surface area contributed by atoms with E-state index in [1.54, 1.807) is 0 Å². The standard InChI is InChI=1S/C12H14ClNO/c1-8(15)10-7-9-5-3-2-4-6-11(9)14-12(10)13/h7H,2-6H2,1H3. The average molecular weight is 224 g/mol. The van der Waals surface area contributed by atoms with Crippen molar-refractivity contribution in [1.29, 1.82) is 0 Å². The van der Waals surface area contributed by atoms with Gasteiger partial charge in [0.1, 0.15) is 5.15 Å². The molecule has 0 saturated carbocycles. The summed E-state index contributed by atoms with van der Waals surface area (Å²) in [6.45, 7) is 1.53. The van der Waals surface area contributed by atoms with E-state index in [1.165, 1.54) is 31.7 Å². The van der Waals surface area contributed by atoms with Crippen LogP contribution in [0.3, 0.4) is 0 Å². The van der Waals surface area contributed by atoms with E-state index in [1.807, 2.05) is 6.07 Å². The van der Waals surface area contributed by atoms with E-state index >= 15 is 0 Å². The van der Waals surface area contributed by atoms with E-state index < -0.39 is 0 Å². The number of fused-ring (bicyclic) bond motifs is 1. The number of nitrogens with zero attached hydrogens (tertiary/aromatic N) is 1. The largest absolute Gasteiger partial charge is 0.294 e. The summed E-state index contributed by atoms with van der Waals surface area (Å²) in [6, 6.07) is 1.93. The van der Waals surface area contributed by atoms with Crippen LogP contribution >= 0.6 is 11.6 Å². The van der Waals surface area contributed by atoms with Gasteiger partial charge in [-0.2, -0.15) is 0 Å². The van der Waals surface area contributed by atoms with Crippen LogP contribution in [0.4, 0.5) is 0 Å². The monoisotopic (exact) mass is 223 g/mol. The van der Waals surface area contributed by atoms with Crippen LogP contribution in [0.5, 0.6) is 0 Å². The van der Waals surface area contributed by atoms with Gasteiger partial charge in [0.2, 0.25) is 0 Å². The zero-order valence-corrected chi connectivity index (χ0v) is 9.60. The Hall–Kier alpha value is -0.890. The molecule has 3 heteroatoms. The van der Waals surface area contributed by atoms with Crippen molar-refractivity contribution in [2.75, 3.05) is 0 Å². The van der Waals surface area contributed by atoms with E-state index in [-0.39, 0.29) is 5.78 Å². The Balaban J connectivity index is 2.47. The summed E-state index contributed by atoms with van der Waals surface area (Å²) in [5, 5.41) is 0.364. The molecule has 80 valence electrons. The molecule has 0 radical (unpaired) electrons. The first kappa shape index (κ1) is 10.6. The molecule has 0 atom stereocenters. The molecule has 1 heterocycles. The van der Waals surface area contributed by atoms with Crippen LogP contribution in [-0.2, 0) is 12.8 Å². The number of pyridine rings is 1. The Morgan fingerprint density at radius 2 is 2.07 bits per heavy atom. The average Bonchev–Trinajstić information content (AvgIpc) is 2.40. The summed E-state index contributed by atoms with van der Waals surface area (Å²) in [7, 11) is 0. The smallest absolute Gasteiger partial charge is 0.162 e. The minimum atomic E-state index is -0.000420. The van der Waals surface area contributed by atoms with Gasteiger partial charge >= 0.3 is 0 Å². The minimum absolute atomic E-state index is 0.000420. The number of hydrogen-bond donors (Lipinski definition) is 0. The topological polar surface area (TPSA) is 30.0 Å². The molecule has 0 unspecified atom stereocenters. The Morgan fingerprint density at radius 3 is 2.80 bits per heavy atom. The maximum atomic E-state index is 11.3. The van der Waals surface area contributed by atoms with Gasteiger partial charge in [-0.25, -0.2) is 4.98 Å². The molecule has 0 aliphatic heterocycles. The molecule has 1 aliphatic carbocycles. The number of hydrogen-bond acceptors (Lipinski definition) is 2. The van der Waals surface area contributed by atoms with Crippen molar-refractivity contribution in [3.05, 3.63) is 28.0 Å². The highest BCUT2D eigenvalue weighted by atomic mass is 35.5. The van der Waals surface area contributed by atoms with Gasteiger partial charge in [-0.3, -0.25) is 4.79 Å². The van der Waals surface area contributed by atoms with E-state index in [4.69, 9.17) is 11.6 Å². The normalized spacial score (nSPS) is 15.6. The second-order valence-corrected chi connectivity index (χ2v) is 4.41. The summed E-state index contributed by atoms with van der Waals surface area (Å²) in [4.78, 5) is 15.7. The van der Waals surface area contributed by atoms with Crippen molar-refractivity contribution in [1.82, 2.24) is 4.98 Å². The molecule has 1 aromatic heterocycles. The molecule has 0 N–H and O–H groups in total. The summed E-state index contributed by atoms with van der Waals surface area (Å²) in [6.07, 6.45) is 5.62. The zero-order chi connectivity index (χ0) is 10.8. The highest BCUT2D eigenvalue weighted by molar-refractivity contribution is 6.32. The van der Waals surface area contributed by atoms with E-state index in [9.17, 15) is 4.79 Å². The number of aromatic nitrogens is 1. The van der Waals surface area contributed by atoms with Crippen LogP contribution in [-0.4, -0.2) is 10.8 Å². The first-order valence-corrected chi connectivity index (χ1v) is 5.75. The first-order chi connectivity index (χ1) is 7.18. The molecule has 0 amide bonds. The maximum Gasteiger partial charge on any atom is 0.162 e. The number of carbonyl (C=O) groups excluding carboxylic acids is 1. The molecular formula is C12H14ClNO. The number of carbonyl (C=O) groups is 1. The van der Waals surface area contributed by atoms with Crippen LogP contribution in [0.15, 0.2) is 6.07 Å². The van der Waals surface area contributed by atoms with Gasteiger partial charge in [0.15, 0.2) is 5.78 Å². The predicted molar refractivity (Wildman–Crippen MR) is 60.5 cm³/mol. The number of halogens is 1. The van der Waals surface area contributed by atoms with Crippen molar-refractivity contribution in [2.45, 2.75) is 39.0 Å². The van der Waals surface area contributed by atoms with Crippen LogP contribution in [0.25, 0.3) is 0 Å². The highest BCUT2D eigenvalue weighted by Gasteiger charge is 2.14. The Morgan fingerprint density at radius 1 is 1.33 bits per heavy atom. The summed E-state index contributed by atoms with van der Waals surface area (Å²) in [5.74, 6) is -0.000420. The lowest BCUT2D eigenvalue weighted by Crippen LogP contribution is -2.03. The van der Waals surface area contributed by atoms with E-state index in [2.05, 4.69) is 4.98 Å². The third-order valence-electron chi connectivity index (χ3n) is 2.88. The van der Waals surface area contributed by atoms with Gasteiger partial charge in [0.05, 0.1) is 5.56 Å². The molecule has 0 spiro atoms. The van der Waals surface area contributed by atoms with Crippen molar-refractivity contribution in [2.24, 2.45) is 0 Å². The highest BCUT2D eigenvalue weighted by Crippen LogP contribution is 2.24. The second-order valence-electron chi connectivity index (χ2n) is 4.05. The van der Waals surface area contributed by atoms with Gasteiger partial charge in [-0.1, -0.05) is 18.0 Å². The fourth-order valence-corrected chi connectivity index (χ4v) is 2.32. The summed E-state index contributed by atoms with van der Waals surface area (Å²) in [5.41, 5.74) is 2.86. The number of rotatable bonds is 1. The third kappa shape index (κ3) is 2.20. The second kappa shape index (κ2) is 4.31. The lowest BCUT2D eigenvalue weighted by molar-refractivity contribution is 0.101. The number of Topliss-reactive ketones (excluding diaryl/α,β-unsaturated/α-hetero) is 1. The van der Waals surface area contributed by atoms with Crippen LogP contribution in [0, 0.1) is 0 Å². The quantitative estimate of drug-likeness (QED) is 0.416. The van der Waals surface area contributed by atoms with E-state index in [0.717, 1.165) is 18.5 Å². The van der Waals surface area contributed by atoms with Crippen LogP contribution < -0.4 is 0 Å². The molecule has 0 fully saturated rings. The Kier molecular flexibility index (Phi) is 3.06. The summed E-state index contributed by atoms with van der Waals surface area (Å²) >= 11 is 5.98. The number of ketones is 1. The van der Waals surface area contributed by atoms with Gasteiger partial charge in [0, 0.05) is 5.69 Å². The zero-order valence-electron chi connectivity index (χ0n) is 8.85. The SMILES string of the molecule is CC(=O)c1cc2c(nc1Cl)CCCCC2. The molecular weight excluding hydrogens is 210 g/mol. The number of aryl methyl sites for hydroxylation is 2. The van der Waals surface area contributed by atoms with Crippen LogP contribution in [0.2, 0.25) is 5.15 Å². The predicted octanol–water partition coefficient (Wildman–Crippen LogP) is 3.21. The lowest BCUT2D eigenvalue weighted by atomic mass is 10.0. The molecule has 0 aromatic carbocycles. The van der Waals surface area contributed by atoms with Gasteiger partial charge < -0.3 is 0 Å². The van der Waals surface area contributed by atoms with Gasteiger partial charge in [-0.15, -0.1) is 0 Å². The van der Waals surface area contributed by atoms with Crippen molar-refractivity contribution in [3.8, 4) is 0 Å². The maximum absolute atomic E-state index is 11.3. The first-order valence-electron chi connectivity index (χ1n) is 5.37. The Labute approximate surface area is 94.7 Å². The molecule has 0 bridgehead atoms. The van der Waals surface area contributed by atoms with Crippen molar-refractivity contribution in [3.63, 3.8) is 0 Å². The third-order valence-corrected chi connectivity index (χ3v) is 3.17. The van der Waals surface area contributed by atoms with Gasteiger partial charge in [-0.05, 0) is 44.2 Å². The van der Waals surface area contributed by atoms with E-state index in [0.29, 0.717) is 10.7 Å². The summed E-state index contributed by atoms with van der Waals surface area (Å²) < 4.78 is 0. The van der Waals surface area contributed by atoms with Gasteiger partial charge in [0.25, 0.3) is 0 Å². The van der Waals surface area contributed by atoms with Crippen molar-refractivity contribution < 1.29 is 4.79 Å². The van der Waals surface area contributed by atoms with Crippen LogP contribution in [0.1, 0.15) is 47.8 Å². The Bertz CT molecular complexity index is 401. The molecule has 1 aromatic rings. The molecule has 2 nitrogen and oxygen atoms in total.